The Morgan fingerprint density at radius 1 is 0.788 bits per heavy atom. The molecule has 0 amide bonds. The number of halogens is 2. The van der Waals surface area contributed by atoms with Gasteiger partial charge in [-0.15, -0.1) is 0 Å². The maximum Gasteiger partial charge on any atom is 0.198 e. The standard InChI is InChI=1S/C24H15F2N5OS/c25-18-2-1-3-19(26)22(18)32-17-8-13-29-20(14-17)30-24-31-21(15-4-9-27-10-5-15)23(33-24)16-6-11-28-12-7-16/h1-14H,(H,29,30,31). The molecule has 4 heterocycles. The molecule has 0 spiro atoms. The Kier molecular flexibility index (Phi) is 5.69. The van der Waals surface area contributed by atoms with Crippen molar-refractivity contribution in [2.45, 2.75) is 0 Å². The summed E-state index contributed by atoms with van der Waals surface area (Å²) < 4.78 is 33.3. The van der Waals surface area contributed by atoms with Crippen molar-refractivity contribution in [1.82, 2.24) is 19.9 Å². The van der Waals surface area contributed by atoms with Gasteiger partial charge in [-0.2, -0.15) is 0 Å². The highest BCUT2D eigenvalue weighted by Crippen LogP contribution is 2.39. The number of aromatic nitrogens is 4. The van der Waals surface area contributed by atoms with Crippen LogP contribution in [-0.2, 0) is 0 Å². The number of hydrogen-bond donors (Lipinski definition) is 1. The second kappa shape index (κ2) is 9.09. The molecule has 0 saturated heterocycles. The number of nitrogens with one attached hydrogen (secondary N) is 1. The van der Waals surface area contributed by atoms with E-state index in [9.17, 15) is 8.78 Å². The lowest BCUT2D eigenvalue weighted by Gasteiger charge is -2.09. The average molecular weight is 459 g/mol. The molecule has 9 heteroatoms. The third-order valence-electron chi connectivity index (χ3n) is 4.63. The van der Waals surface area contributed by atoms with Crippen molar-refractivity contribution in [2.24, 2.45) is 0 Å². The molecule has 6 nitrogen and oxygen atoms in total. The van der Waals surface area contributed by atoms with Crippen LogP contribution in [-0.4, -0.2) is 19.9 Å². The van der Waals surface area contributed by atoms with Gasteiger partial charge in [-0.1, -0.05) is 17.4 Å². The molecule has 0 unspecified atom stereocenters. The third-order valence-corrected chi connectivity index (χ3v) is 5.65. The van der Waals surface area contributed by atoms with E-state index >= 15 is 0 Å². The average Bonchev–Trinajstić information content (AvgIpc) is 3.27. The molecule has 5 aromatic rings. The van der Waals surface area contributed by atoms with Crippen molar-refractivity contribution in [1.29, 1.82) is 0 Å². The number of para-hydroxylation sites is 1. The Morgan fingerprint density at radius 2 is 1.45 bits per heavy atom. The Labute approximate surface area is 191 Å². The van der Waals surface area contributed by atoms with Crippen molar-refractivity contribution >= 4 is 22.3 Å². The van der Waals surface area contributed by atoms with Crippen LogP contribution in [0.2, 0.25) is 0 Å². The first-order valence-electron chi connectivity index (χ1n) is 9.84. The highest BCUT2D eigenvalue weighted by Gasteiger charge is 2.16. The van der Waals surface area contributed by atoms with E-state index in [1.54, 1.807) is 30.9 Å². The van der Waals surface area contributed by atoms with Crippen LogP contribution in [0.3, 0.4) is 0 Å². The Hall–Kier alpha value is -4.24. The Morgan fingerprint density at radius 3 is 2.15 bits per heavy atom. The molecule has 1 aromatic carbocycles. The van der Waals surface area contributed by atoms with Crippen LogP contribution < -0.4 is 10.1 Å². The number of pyridine rings is 3. The zero-order valence-corrected chi connectivity index (χ0v) is 17.8. The summed E-state index contributed by atoms with van der Waals surface area (Å²) in [5.74, 6) is -1.39. The molecule has 0 atom stereocenters. The summed E-state index contributed by atoms with van der Waals surface area (Å²) in [6, 6.07) is 14.2. The summed E-state index contributed by atoms with van der Waals surface area (Å²) >= 11 is 1.45. The van der Waals surface area contributed by atoms with Gasteiger partial charge in [0.1, 0.15) is 11.6 Å². The summed E-state index contributed by atoms with van der Waals surface area (Å²) in [5, 5.41) is 3.75. The summed E-state index contributed by atoms with van der Waals surface area (Å²) in [4.78, 5) is 18.1. The topological polar surface area (TPSA) is 72.8 Å². The molecule has 0 fully saturated rings. The molecule has 33 heavy (non-hydrogen) atoms. The van der Waals surface area contributed by atoms with E-state index in [0.717, 1.165) is 33.8 Å². The summed E-state index contributed by atoms with van der Waals surface area (Å²) in [6.07, 6.45) is 8.35. The highest BCUT2D eigenvalue weighted by molar-refractivity contribution is 7.19. The first kappa shape index (κ1) is 20.7. The van der Waals surface area contributed by atoms with E-state index in [0.29, 0.717) is 10.9 Å². The smallest absolute Gasteiger partial charge is 0.198 e. The fraction of sp³-hybridized carbons (Fsp3) is 0. The number of benzene rings is 1. The number of nitrogens with zero attached hydrogens (tertiary/aromatic N) is 4. The van der Waals surface area contributed by atoms with E-state index in [4.69, 9.17) is 9.72 Å². The van der Waals surface area contributed by atoms with Crippen LogP contribution in [0.4, 0.5) is 19.7 Å². The predicted octanol–water partition coefficient (Wildman–Crippen LogP) is 6.48. The molecule has 1 N–H and O–H groups in total. The quantitative estimate of drug-likeness (QED) is 0.313. The fourth-order valence-corrected chi connectivity index (χ4v) is 4.13. The molecule has 0 aliphatic carbocycles. The fourth-order valence-electron chi connectivity index (χ4n) is 3.13. The van der Waals surface area contributed by atoms with Crippen molar-refractivity contribution in [2.75, 3.05) is 5.32 Å². The van der Waals surface area contributed by atoms with Crippen LogP contribution in [0, 0.1) is 11.6 Å². The maximum absolute atomic E-state index is 13.9. The van der Waals surface area contributed by atoms with Crippen molar-refractivity contribution in [3.63, 3.8) is 0 Å². The van der Waals surface area contributed by atoms with Gasteiger partial charge in [-0.25, -0.2) is 18.7 Å². The number of rotatable bonds is 6. The van der Waals surface area contributed by atoms with Gasteiger partial charge in [0, 0.05) is 42.6 Å². The first-order chi connectivity index (χ1) is 16.2. The number of hydrogen-bond acceptors (Lipinski definition) is 7. The molecule has 5 rings (SSSR count). The van der Waals surface area contributed by atoms with Crippen LogP contribution in [0.5, 0.6) is 11.5 Å². The molecule has 0 saturated carbocycles. The Balaban J connectivity index is 1.46. The van der Waals surface area contributed by atoms with Crippen molar-refractivity contribution in [3.8, 4) is 33.2 Å². The van der Waals surface area contributed by atoms with E-state index in [-0.39, 0.29) is 5.75 Å². The van der Waals surface area contributed by atoms with Gasteiger partial charge in [0.05, 0.1) is 10.6 Å². The zero-order chi connectivity index (χ0) is 22.6. The summed E-state index contributed by atoms with van der Waals surface area (Å²) in [5.41, 5.74) is 2.68. The van der Waals surface area contributed by atoms with Crippen LogP contribution >= 0.6 is 11.3 Å². The maximum atomic E-state index is 13.9. The molecule has 0 aliphatic rings. The van der Waals surface area contributed by atoms with Gasteiger partial charge in [0.25, 0.3) is 0 Å². The molecular formula is C24H15F2N5OS. The van der Waals surface area contributed by atoms with Gasteiger partial charge < -0.3 is 10.1 Å². The predicted molar refractivity (Wildman–Crippen MR) is 123 cm³/mol. The van der Waals surface area contributed by atoms with Crippen LogP contribution in [0.15, 0.2) is 85.6 Å². The monoisotopic (exact) mass is 459 g/mol. The molecule has 162 valence electrons. The van der Waals surface area contributed by atoms with Gasteiger partial charge >= 0.3 is 0 Å². The van der Waals surface area contributed by atoms with Crippen LogP contribution in [0.25, 0.3) is 21.7 Å². The van der Waals surface area contributed by atoms with Crippen molar-refractivity contribution < 1.29 is 13.5 Å². The second-order valence-electron chi connectivity index (χ2n) is 6.82. The number of thiazole rings is 1. The minimum atomic E-state index is -0.787. The number of ether oxygens (including phenoxy) is 1. The van der Waals surface area contributed by atoms with Gasteiger partial charge in [-0.3, -0.25) is 9.97 Å². The molecule has 0 aliphatic heterocycles. The third kappa shape index (κ3) is 4.53. The van der Waals surface area contributed by atoms with Crippen molar-refractivity contribution in [3.05, 3.63) is 97.2 Å². The minimum Gasteiger partial charge on any atom is -0.451 e. The van der Waals surface area contributed by atoms with E-state index in [1.165, 1.54) is 29.7 Å². The highest BCUT2D eigenvalue weighted by atomic mass is 32.1. The van der Waals surface area contributed by atoms with E-state index in [1.807, 2.05) is 24.3 Å². The zero-order valence-electron chi connectivity index (χ0n) is 16.9. The normalized spacial score (nSPS) is 10.7. The Bertz CT molecular complexity index is 1320. The first-order valence-corrected chi connectivity index (χ1v) is 10.7. The number of anilines is 2. The molecule has 4 aromatic heterocycles. The molecular weight excluding hydrogens is 444 g/mol. The van der Waals surface area contributed by atoms with Gasteiger partial charge in [0.15, 0.2) is 22.5 Å². The largest absolute Gasteiger partial charge is 0.451 e. The lowest BCUT2D eigenvalue weighted by atomic mass is 10.1. The van der Waals surface area contributed by atoms with E-state index < -0.39 is 17.4 Å². The lowest BCUT2D eigenvalue weighted by Crippen LogP contribution is -1.96. The molecule has 0 bridgehead atoms. The lowest BCUT2D eigenvalue weighted by molar-refractivity contribution is 0.407. The minimum absolute atomic E-state index is 0.233. The van der Waals surface area contributed by atoms with Crippen LogP contribution in [0.1, 0.15) is 0 Å². The summed E-state index contributed by atoms with van der Waals surface area (Å²) in [6.45, 7) is 0. The summed E-state index contributed by atoms with van der Waals surface area (Å²) in [7, 11) is 0. The SMILES string of the molecule is Fc1cccc(F)c1Oc1ccnc(Nc2nc(-c3ccncc3)c(-c3ccncc3)s2)c1. The van der Waals surface area contributed by atoms with E-state index in [2.05, 4.69) is 20.3 Å². The van der Waals surface area contributed by atoms with Gasteiger partial charge in [0.2, 0.25) is 0 Å². The molecule has 0 radical (unpaired) electrons. The second-order valence-corrected chi connectivity index (χ2v) is 7.82. The van der Waals surface area contributed by atoms with Gasteiger partial charge in [-0.05, 0) is 48.0 Å².